The Morgan fingerprint density at radius 1 is 0.654 bits per heavy atom. The lowest BCUT2D eigenvalue weighted by Gasteiger charge is -2.22. The first-order chi connectivity index (χ1) is 12.7. The fourth-order valence-electron chi connectivity index (χ4n) is 2.77. The van der Waals surface area contributed by atoms with E-state index in [-0.39, 0.29) is 25.4 Å². The Kier molecular flexibility index (Phi) is 12.6. The van der Waals surface area contributed by atoms with Gasteiger partial charge in [0.15, 0.2) is 0 Å². The van der Waals surface area contributed by atoms with Gasteiger partial charge in [-0.05, 0) is 51.4 Å². The van der Waals surface area contributed by atoms with Crippen molar-refractivity contribution in [3.05, 3.63) is 0 Å². The lowest BCUT2D eigenvalue weighted by Crippen LogP contribution is -2.23. The second kappa shape index (κ2) is 14.6. The quantitative estimate of drug-likeness (QED) is 0.470. The highest BCUT2D eigenvalue weighted by atomic mass is 16.7. The van der Waals surface area contributed by atoms with Gasteiger partial charge in [-0.2, -0.15) is 0 Å². The van der Waals surface area contributed by atoms with Gasteiger partial charge in [-0.25, -0.2) is 9.59 Å². The molecule has 152 valence electrons. The van der Waals surface area contributed by atoms with Crippen LogP contribution in [0.3, 0.4) is 0 Å². The van der Waals surface area contributed by atoms with Crippen LogP contribution in [-0.4, -0.2) is 65.2 Å². The second-order valence-electron chi connectivity index (χ2n) is 6.23. The van der Waals surface area contributed by atoms with Crippen molar-refractivity contribution in [2.24, 2.45) is 0 Å². The molecular weight excluding hydrogens is 344 g/mol. The summed E-state index contributed by atoms with van der Waals surface area (Å²) in [6, 6.07) is 0. The Morgan fingerprint density at radius 3 is 1.31 bits per heavy atom. The summed E-state index contributed by atoms with van der Waals surface area (Å²) in [6.07, 6.45) is 5.20. The van der Waals surface area contributed by atoms with Crippen molar-refractivity contribution in [1.82, 2.24) is 0 Å². The van der Waals surface area contributed by atoms with Crippen molar-refractivity contribution in [1.29, 1.82) is 0 Å². The minimum Gasteiger partial charge on any atom is -0.432 e. The Labute approximate surface area is 155 Å². The van der Waals surface area contributed by atoms with Crippen molar-refractivity contribution in [2.45, 2.75) is 63.6 Å². The number of hydrogen-bond donors (Lipinski definition) is 0. The van der Waals surface area contributed by atoms with E-state index < -0.39 is 12.3 Å². The lowest BCUT2D eigenvalue weighted by molar-refractivity contribution is -0.00378. The molecule has 0 aromatic rings. The standard InChI is InChI=1S/C18H32O8/c1-21-11-13-23-17(19)25-15-7-3-5-9-16(10-6-4-8-15)26-18(20)24-14-12-22-2/h15-16H,3-14H2,1-2H3. The fourth-order valence-corrected chi connectivity index (χ4v) is 2.77. The molecular formula is C18H32O8. The molecule has 0 radical (unpaired) electrons. The molecule has 0 aromatic carbocycles. The fraction of sp³-hybridized carbons (Fsp3) is 0.889. The van der Waals surface area contributed by atoms with E-state index in [1.807, 2.05) is 0 Å². The molecule has 1 aliphatic rings. The lowest BCUT2D eigenvalue weighted by atomic mass is 9.97. The summed E-state index contributed by atoms with van der Waals surface area (Å²) < 4.78 is 30.3. The van der Waals surface area contributed by atoms with E-state index in [0.717, 1.165) is 51.4 Å². The molecule has 0 spiro atoms. The van der Waals surface area contributed by atoms with E-state index in [9.17, 15) is 9.59 Å². The zero-order chi connectivity index (χ0) is 19.0. The first-order valence-corrected chi connectivity index (χ1v) is 9.30. The molecule has 0 N–H and O–H groups in total. The summed E-state index contributed by atoms with van der Waals surface area (Å²) in [5.74, 6) is 0. The average molecular weight is 376 g/mol. The Balaban J connectivity index is 2.27. The predicted molar refractivity (Wildman–Crippen MR) is 93.1 cm³/mol. The van der Waals surface area contributed by atoms with Crippen molar-refractivity contribution in [2.75, 3.05) is 40.6 Å². The highest BCUT2D eigenvalue weighted by molar-refractivity contribution is 5.60. The SMILES string of the molecule is COCCOC(=O)OC1CCCCC(OC(=O)OCCOC)CCCC1. The molecule has 26 heavy (non-hydrogen) atoms. The number of hydrogen-bond acceptors (Lipinski definition) is 8. The van der Waals surface area contributed by atoms with Gasteiger partial charge in [0.1, 0.15) is 25.4 Å². The number of carbonyl (C=O) groups is 2. The summed E-state index contributed by atoms with van der Waals surface area (Å²) in [5, 5.41) is 0. The molecule has 0 atom stereocenters. The zero-order valence-corrected chi connectivity index (χ0v) is 15.9. The van der Waals surface area contributed by atoms with Crippen LogP contribution in [0.4, 0.5) is 9.59 Å². The Bertz CT molecular complexity index is 339. The van der Waals surface area contributed by atoms with Crippen molar-refractivity contribution < 1.29 is 38.0 Å². The van der Waals surface area contributed by atoms with Gasteiger partial charge in [0.05, 0.1) is 13.2 Å². The van der Waals surface area contributed by atoms with E-state index in [0.29, 0.717) is 13.2 Å². The second-order valence-corrected chi connectivity index (χ2v) is 6.23. The van der Waals surface area contributed by atoms with E-state index >= 15 is 0 Å². The summed E-state index contributed by atoms with van der Waals surface area (Å²) >= 11 is 0. The molecule has 0 aromatic heterocycles. The molecule has 0 aliphatic heterocycles. The van der Waals surface area contributed by atoms with Crippen LogP contribution >= 0.6 is 0 Å². The molecule has 0 heterocycles. The maximum absolute atomic E-state index is 11.6. The Hall–Kier alpha value is -1.54. The molecule has 8 nitrogen and oxygen atoms in total. The van der Waals surface area contributed by atoms with Crippen LogP contribution in [0.25, 0.3) is 0 Å². The normalized spacial score (nSPS) is 21.5. The minimum absolute atomic E-state index is 0.124. The minimum atomic E-state index is -0.635. The van der Waals surface area contributed by atoms with Crippen LogP contribution in [0.2, 0.25) is 0 Å². The molecule has 1 fully saturated rings. The first kappa shape index (κ1) is 22.5. The molecule has 0 bridgehead atoms. The van der Waals surface area contributed by atoms with Gasteiger partial charge in [0, 0.05) is 14.2 Å². The van der Waals surface area contributed by atoms with E-state index in [2.05, 4.69) is 0 Å². The van der Waals surface area contributed by atoms with Gasteiger partial charge in [-0.1, -0.05) is 0 Å². The smallest absolute Gasteiger partial charge is 0.432 e. The maximum atomic E-state index is 11.6. The van der Waals surface area contributed by atoms with Gasteiger partial charge < -0.3 is 28.4 Å². The van der Waals surface area contributed by atoms with E-state index in [1.165, 1.54) is 0 Å². The number of ether oxygens (including phenoxy) is 6. The first-order valence-electron chi connectivity index (χ1n) is 9.30. The van der Waals surface area contributed by atoms with E-state index in [1.54, 1.807) is 14.2 Å². The highest BCUT2D eigenvalue weighted by Gasteiger charge is 2.20. The Morgan fingerprint density at radius 2 is 1.00 bits per heavy atom. The third-order valence-corrected chi connectivity index (χ3v) is 4.14. The number of carbonyl (C=O) groups excluding carboxylic acids is 2. The van der Waals surface area contributed by atoms with Gasteiger partial charge in [0.2, 0.25) is 0 Å². The number of methoxy groups -OCH3 is 2. The van der Waals surface area contributed by atoms with Crippen LogP contribution in [0.1, 0.15) is 51.4 Å². The van der Waals surface area contributed by atoms with Crippen molar-refractivity contribution in [3.63, 3.8) is 0 Å². The van der Waals surface area contributed by atoms with Gasteiger partial charge in [-0.15, -0.1) is 0 Å². The monoisotopic (exact) mass is 376 g/mol. The van der Waals surface area contributed by atoms with Gasteiger partial charge in [0.25, 0.3) is 0 Å². The predicted octanol–water partition coefficient (Wildman–Crippen LogP) is 3.46. The summed E-state index contributed by atoms with van der Waals surface area (Å²) in [5.41, 5.74) is 0. The average Bonchev–Trinajstić information content (AvgIpc) is 2.62. The largest absolute Gasteiger partial charge is 0.508 e. The molecule has 8 heteroatoms. The zero-order valence-electron chi connectivity index (χ0n) is 15.9. The van der Waals surface area contributed by atoms with Crippen LogP contribution < -0.4 is 0 Å². The van der Waals surface area contributed by atoms with Crippen LogP contribution in [0.5, 0.6) is 0 Å². The third-order valence-electron chi connectivity index (χ3n) is 4.14. The third kappa shape index (κ3) is 11.1. The van der Waals surface area contributed by atoms with Gasteiger partial charge >= 0.3 is 12.3 Å². The topological polar surface area (TPSA) is 89.5 Å². The summed E-state index contributed by atoms with van der Waals surface area (Å²) in [4.78, 5) is 23.3. The van der Waals surface area contributed by atoms with Crippen LogP contribution in [0.15, 0.2) is 0 Å². The molecule has 1 aliphatic carbocycles. The van der Waals surface area contributed by atoms with E-state index in [4.69, 9.17) is 28.4 Å². The molecule has 1 rings (SSSR count). The highest BCUT2D eigenvalue weighted by Crippen LogP contribution is 2.21. The molecule has 0 unspecified atom stereocenters. The van der Waals surface area contributed by atoms with Gasteiger partial charge in [-0.3, -0.25) is 0 Å². The van der Waals surface area contributed by atoms with Crippen LogP contribution in [0, 0.1) is 0 Å². The summed E-state index contributed by atoms with van der Waals surface area (Å²) in [6.45, 7) is 1.10. The number of rotatable bonds is 8. The molecule has 0 saturated heterocycles. The maximum Gasteiger partial charge on any atom is 0.508 e. The van der Waals surface area contributed by atoms with Crippen molar-refractivity contribution >= 4 is 12.3 Å². The molecule has 0 amide bonds. The van der Waals surface area contributed by atoms with Crippen molar-refractivity contribution in [3.8, 4) is 0 Å². The summed E-state index contributed by atoms with van der Waals surface area (Å²) in [7, 11) is 3.10. The molecule has 1 saturated carbocycles. The van der Waals surface area contributed by atoms with Crippen LogP contribution in [-0.2, 0) is 28.4 Å².